The smallest absolute Gasteiger partial charge is 0.416 e. The molecule has 0 aliphatic rings. The van der Waals surface area contributed by atoms with Gasteiger partial charge in [0, 0.05) is 12.2 Å². The van der Waals surface area contributed by atoms with Gasteiger partial charge in [-0.1, -0.05) is 30.0 Å². The number of carbonyl (C=O) groups excluding carboxylic acids is 1. The summed E-state index contributed by atoms with van der Waals surface area (Å²) in [6.07, 6.45) is -4.48. The third kappa shape index (κ3) is 4.89. The van der Waals surface area contributed by atoms with Crippen LogP contribution in [-0.4, -0.2) is 31.5 Å². The van der Waals surface area contributed by atoms with Crippen molar-refractivity contribution in [2.24, 2.45) is 0 Å². The van der Waals surface area contributed by atoms with Crippen molar-refractivity contribution in [3.05, 3.63) is 54.1 Å². The quantitative estimate of drug-likeness (QED) is 0.575. The molecule has 152 valence electrons. The molecule has 3 aromatic rings. The van der Waals surface area contributed by atoms with Gasteiger partial charge < -0.3 is 15.0 Å². The molecule has 1 heterocycles. The van der Waals surface area contributed by atoms with Gasteiger partial charge in [-0.05, 0) is 37.3 Å². The average Bonchev–Trinajstić information content (AvgIpc) is 3.09. The number of aromatic hydroxyl groups is 1. The summed E-state index contributed by atoms with van der Waals surface area (Å²) in [5.41, 5.74) is -0.250. The molecule has 6 nitrogen and oxygen atoms in total. The highest BCUT2D eigenvalue weighted by atomic mass is 32.2. The van der Waals surface area contributed by atoms with E-state index in [0.717, 1.165) is 23.9 Å². The molecule has 0 radical (unpaired) electrons. The number of anilines is 1. The molecule has 10 heteroatoms. The number of amides is 1. The summed E-state index contributed by atoms with van der Waals surface area (Å²) in [6.45, 7) is 2.38. The molecule has 0 saturated heterocycles. The number of thioether (sulfide) groups is 1. The summed E-state index contributed by atoms with van der Waals surface area (Å²) < 4.78 is 40.1. The fourth-order valence-electron chi connectivity index (χ4n) is 2.64. The first-order chi connectivity index (χ1) is 13.8. The number of benzene rings is 2. The normalized spacial score (nSPS) is 11.4. The number of hydrogen-bond donors (Lipinski definition) is 2. The lowest BCUT2D eigenvalue weighted by molar-refractivity contribution is -0.137. The second-order valence-corrected chi connectivity index (χ2v) is 6.93. The van der Waals surface area contributed by atoms with E-state index in [1.807, 2.05) is 6.92 Å². The fourth-order valence-corrected chi connectivity index (χ4v) is 3.45. The number of rotatable bonds is 6. The van der Waals surface area contributed by atoms with Gasteiger partial charge in [0.1, 0.15) is 5.75 Å². The Morgan fingerprint density at radius 2 is 1.93 bits per heavy atom. The summed E-state index contributed by atoms with van der Waals surface area (Å²) in [7, 11) is 0. The Hall–Kier alpha value is -3.01. The van der Waals surface area contributed by atoms with Crippen molar-refractivity contribution in [1.82, 2.24) is 14.8 Å². The molecule has 0 aliphatic heterocycles. The van der Waals surface area contributed by atoms with Gasteiger partial charge in [-0.3, -0.25) is 4.79 Å². The zero-order valence-corrected chi connectivity index (χ0v) is 16.1. The minimum Gasteiger partial charge on any atom is -0.507 e. The van der Waals surface area contributed by atoms with Gasteiger partial charge in [0.05, 0.1) is 16.9 Å². The minimum atomic E-state index is -4.48. The Balaban J connectivity index is 1.69. The number of phenolic OH excluding ortho intramolecular Hbond substituents is 1. The topological polar surface area (TPSA) is 80.0 Å². The zero-order valence-electron chi connectivity index (χ0n) is 15.3. The van der Waals surface area contributed by atoms with E-state index in [1.165, 1.54) is 12.1 Å². The molecule has 0 fully saturated rings. The number of halogens is 3. The molecule has 1 amide bonds. The number of para-hydroxylation sites is 1. The predicted molar refractivity (Wildman–Crippen MR) is 104 cm³/mol. The number of alkyl halides is 3. The summed E-state index contributed by atoms with van der Waals surface area (Å²) in [5.74, 6) is -0.00119. The van der Waals surface area contributed by atoms with Crippen LogP contribution in [0.15, 0.2) is 53.7 Å². The molecular formula is C19H17F3N4O2S. The van der Waals surface area contributed by atoms with E-state index in [9.17, 15) is 23.1 Å². The minimum absolute atomic E-state index is 0.0604. The maximum absolute atomic E-state index is 12.8. The molecule has 0 saturated carbocycles. The Kier molecular flexibility index (Phi) is 6.12. The largest absolute Gasteiger partial charge is 0.507 e. The molecule has 29 heavy (non-hydrogen) atoms. The number of carbonyl (C=O) groups is 1. The van der Waals surface area contributed by atoms with Crippen LogP contribution < -0.4 is 5.32 Å². The maximum atomic E-state index is 12.8. The third-order valence-electron chi connectivity index (χ3n) is 3.98. The Morgan fingerprint density at radius 1 is 1.17 bits per heavy atom. The van der Waals surface area contributed by atoms with Crippen LogP contribution in [0.5, 0.6) is 5.75 Å². The zero-order chi connectivity index (χ0) is 21.0. The molecule has 0 unspecified atom stereocenters. The van der Waals surface area contributed by atoms with Gasteiger partial charge in [-0.15, -0.1) is 10.2 Å². The van der Waals surface area contributed by atoms with Crippen LogP contribution in [0.25, 0.3) is 11.4 Å². The Morgan fingerprint density at radius 3 is 2.62 bits per heavy atom. The molecule has 1 aromatic heterocycles. The van der Waals surface area contributed by atoms with E-state index in [0.29, 0.717) is 23.1 Å². The third-order valence-corrected chi connectivity index (χ3v) is 4.95. The van der Waals surface area contributed by atoms with Gasteiger partial charge >= 0.3 is 6.18 Å². The lowest BCUT2D eigenvalue weighted by atomic mass is 10.2. The molecule has 2 N–H and O–H groups in total. The lowest BCUT2D eigenvalue weighted by Gasteiger charge is -2.10. The maximum Gasteiger partial charge on any atom is 0.416 e. The molecule has 2 aromatic carbocycles. The van der Waals surface area contributed by atoms with Crippen LogP contribution in [0, 0.1) is 0 Å². The molecular weight excluding hydrogens is 405 g/mol. The van der Waals surface area contributed by atoms with Crippen LogP contribution in [0.1, 0.15) is 12.5 Å². The van der Waals surface area contributed by atoms with Gasteiger partial charge in [-0.25, -0.2) is 0 Å². The summed E-state index contributed by atoms with van der Waals surface area (Å²) in [4.78, 5) is 12.2. The van der Waals surface area contributed by atoms with Gasteiger partial charge in [0.2, 0.25) is 5.91 Å². The van der Waals surface area contributed by atoms with Gasteiger partial charge in [0.15, 0.2) is 11.0 Å². The first kappa shape index (κ1) is 20.7. The molecule has 0 bridgehead atoms. The van der Waals surface area contributed by atoms with E-state index in [2.05, 4.69) is 15.5 Å². The summed E-state index contributed by atoms with van der Waals surface area (Å²) in [5, 5.41) is 21.1. The lowest BCUT2D eigenvalue weighted by Crippen LogP contribution is -2.15. The highest BCUT2D eigenvalue weighted by Gasteiger charge is 2.30. The average molecular weight is 422 g/mol. The highest BCUT2D eigenvalue weighted by Crippen LogP contribution is 2.31. The number of aromatic nitrogens is 3. The van der Waals surface area contributed by atoms with Crippen molar-refractivity contribution < 1.29 is 23.1 Å². The van der Waals surface area contributed by atoms with Crippen LogP contribution in [0.2, 0.25) is 0 Å². The van der Waals surface area contributed by atoms with E-state index in [1.54, 1.807) is 28.8 Å². The number of hydrogen-bond acceptors (Lipinski definition) is 5. The first-order valence-corrected chi connectivity index (χ1v) is 9.59. The van der Waals surface area contributed by atoms with Crippen LogP contribution in [0.3, 0.4) is 0 Å². The Labute approximate surface area is 168 Å². The second kappa shape index (κ2) is 8.56. The van der Waals surface area contributed by atoms with Crippen molar-refractivity contribution in [2.45, 2.75) is 24.8 Å². The number of phenols is 1. The standard InChI is InChI=1S/C19H17F3N4O2S/c1-2-26-17(14-8-3-4-9-15(14)27)24-25-18(26)29-11-16(28)23-13-7-5-6-12(10-13)19(20,21)22/h3-10,27H,2,11H2,1H3,(H,23,28). The van der Waals surface area contributed by atoms with Crippen LogP contribution in [-0.2, 0) is 17.5 Å². The van der Waals surface area contributed by atoms with E-state index < -0.39 is 17.6 Å². The molecule has 0 spiro atoms. The number of nitrogens with zero attached hydrogens (tertiary/aromatic N) is 3. The van der Waals surface area contributed by atoms with E-state index in [4.69, 9.17) is 0 Å². The molecule has 0 atom stereocenters. The van der Waals surface area contributed by atoms with Crippen molar-refractivity contribution in [3.63, 3.8) is 0 Å². The van der Waals surface area contributed by atoms with E-state index in [-0.39, 0.29) is 17.2 Å². The SMILES string of the molecule is CCn1c(SCC(=O)Nc2cccc(C(F)(F)F)c2)nnc1-c1ccccc1O. The van der Waals surface area contributed by atoms with Crippen LogP contribution in [0.4, 0.5) is 18.9 Å². The molecule has 3 rings (SSSR count). The first-order valence-electron chi connectivity index (χ1n) is 8.61. The van der Waals surface area contributed by atoms with Crippen molar-refractivity contribution in [3.8, 4) is 17.1 Å². The monoisotopic (exact) mass is 422 g/mol. The Bertz CT molecular complexity index is 1020. The van der Waals surface area contributed by atoms with Crippen molar-refractivity contribution in [2.75, 3.05) is 11.1 Å². The van der Waals surface area contributed by atoms with Crippen molar-refractivity contribution in [1.29, 1.82) is 0 Å². The fraction of sp³-hybridized carbons (Fsp3) is 0.211. The number of nitrogens with one attached hydrogen (secondary N) is 1. The van der Waals surface area contributed by atoms with Gasteiger partial charge in [-0.2, -0.15) is 13.2 Å². The highest BCUT2D eigenvalue weighted by molar-refractivity contribution is 7.99. The predicted octanol–water partition coefficient (Wildman–Crippen LogP) is 4.42. The van der Waals surface area contributed by atoms with Crippen LogP contribution >= 0.6 is 11.8 Å². The summed E-state index contributed by atoms with van der Waals surface area (Å²) in [6, 6.07) is 11.2. The molecule has 0 aliphatic carbocycles. The second-order valence-electron chi connectivity index (χ2n) is 5.98. The summed E-state index contributed by atoms with van der Waals surface area (Å²) >= 11 is 1.10. The van der Waals surface area contributed by atoms with Gasteiger partial charge in [0.25, 0.3) is 0 Å². The van der Waals surface area contributed by atoms with Crippen molar-refractivity contribution >= 4 is 23.4 Å². The van der Waals surface area contributed by atoms with E-state index >= 15 is 0 Å².